The van der Waals surface area contributed by atoms with Gasteiger partial charge in [0.25, 0.3) is 0 Å². The van der Waals surface area contributed by atoms with Crippen LogP contribution in [0.5, 0.6) is 5.75 Å². The standard InChI is InChI=1S/C20H16IN3O/c21-14-8-10-17(11-9-14)25-13-20-23-18-6-1-2-7-19(18)24(20)16-5-3-4-15(22)12-16/h1-12H,13,22H2. The topological polar surface area (TPSA) is 53.1 Å². The Labute approximate surface area is 159 Å². The summed E-state index contributed by atoms with van der Waals surface area (Å²) in [6, 6.07) is 23.8. The maximum absolute atomic E-state index is 5.97. The molecule has 0 saturated heterocycles. The van der Waals surface area contributed by atoms with Crippen molar-refractivity contribution in [2.24, 2.45) is 0 Å². The van der Waals surface area contributed by atoms with Crippen molar-refractivity contribution in [3.05, 3.63) is 82.2 Å². The number of para-hydroxylation sites is 2. The number of nitrogens with zero attached hydrogens (tertiary/aromatic N) is 2. The summed E-state index contributed by atoms with van der Waals surface area (Å²) < 4.78 is 9.22. The first-order valence-corrected chi connectivity index (χ1v) is 8.99. The molecule has 0 bridgehead atoms. The van der Waals surface area contributed by atoms with Crippen LogP contribution in [0.1, 0.15) is 5.82 Å². The van der Waals surface area contributed by atoms with E-state index in [9.17, 15) is 0 Å². The molecule has 4 rings (SSSR count). The smallest absolute Gasteiger partial charge is 0.152 e. The lowest BCUT2D eigenvalue weighted by Crippen LogP contribution is -2.06. The molecule has 124 valence electrons. The van der Waals surface area contributed by atoms with E-state index in [4.69, 9.17) is 15.5 Å². The SMILES string of the molecule is Nc1cccc(-n2c(COc3ccc(I)cc3)nc3ccccc32)c1. The highest BCUT2D eigenvalue weighted by atomic mass is 127. The van der Waals surface area contributed by atoms with E-state index in [1.807, 2.05) is 66.7 Å². The maximum Gasteiger partial charge on any atom is 0.152 e. The van der Waals surface area contributed by atoms with Crippen LogP contribution in [-0.4, -0.2) is 9.55 Å². The van der Waals surface area contributed by atoms with Crippen molar-refractivity contribution < 1.29 is 4.74 Å². The van der Waals surface area contributed by atoms with E-state index in [1.54, 1.807) is 0 Å². The lowest BCUT2D eigenvalue weighted by molar-refractivity contribution is 0.294. The van der Waals surface area contributed by atoms with E-state index in [-0.39, 0.29) is 0 Å². The van der Waals surface area contributed by atoms with Crippen LogP contribution >= 0.6 is 22.6 Å². The van der Waals surface area contributed by atoms with Gasteiger partial charge in [-0.1, -0.05) is 18.2 Å². The second-order valence-corrected chi connectivity index (χ2v) is 6.94. The van der Waals surface area contributed by atoms with Crippen LogP contribution in [0.25, 0.3) is 16.7 Å². The van der Waals surface area contributed by atoms with Crippen LogP contribution in [0.2, 0.25) is 0 Å². The fourth-order valence-electron chi connectivity index (χ4n) is 2.80. The van der Waals surface area contributed by atoms with E-state index in [1.165, 1.54) is 3.57 Å². The third-order valence-corrected chi connectivity index (χ3v) is 4.66. The monoisotopic (exact) mass is 441 g/mol. The molecule has 0 fully saturated rings. The molecule has 0 aliphatic rings. The summed E-state index contributed by atoms with van der Waals surface area (Å²) in [5.41, 5.74) is 9.65. The van der Waals surface area contributed by atoms with Gasteiger partial charge in [-0.3, -0.25) is 4.57 Å². The minimum atomic E-state index is 0.379. The van der Waals surface area contributed by atoms with Crippen LogP contribution in [0.3, 0.4) is 0 Å². The number of imidazole rings is 1. The predicted molar refractivity (Wildman–Crippen MR) is 109 cm³/mol. The second kappa shape index (κ2) is 6.76. The average Bonchev–Trinajstić information content (AvgIpc) is 2.99. The number of aromatic nitrogens is 2. The summed E-state index contributed by atoms with van der Waals surface area (Å²) in [6.45, 7) is 0.379. The summed E-state index contributed by atoms with van der Waals surface area (Å²) >= 11 is 2.28. The molecular weight excluding hydrogens is 425 g/mol. The van der Waals surface area contributed by atoms with Gasteiger partial charge in [0, 0.05) is 14.9 Å². The van der Waals surface area contributed by atoms with Crippen LogP contribution in [-0.2, 0) is 6.61 Å². The van der Waals surface area contributed by atoms with Gasteiger partial charge in [0.2, 0.25) is 0 Å². The van der Waals surface area contributed by atoms with Crippen LogP contribution in [0.4, 0.5) is 5.69 Å². The van der Waals surface area contributed by atoms with E-state index in [0.29, 0.717) is 6.61 Å². The summed E-state index contributed by atoms with van der Waals surface area (Å²) in [5.74, 6) is 1.66. The highest BCUT2D eigenvalue weighted by molar-refractivity contribution is 14.1. The number of anilines is 1. The number of hydrogen-bond acceptors (Lipinski definition) is 3. The molecule has 0 amide bonds. The van der Waals surface area contributed by atoms with Crippen molar-refractivity contribution in [3.8, 4) is 11.4 Å². The van der Waals surface area contributed by atoms with Crippen LogP contribution in [0.15, 0.2) is 72.8 Å². The molecule has 0 aliphatic carbocycles. The number of ether oxygens (including phenoxy) is 1. The molecule has 0 atom stereocenters. The Morgan fingerprint density at radius 3 is 2.56 bits per heavy atom. The van der Waals surface area contributed by atoms with Crippen molar-refractivity contribution in [1.29, 1.82) is 0 Å². The van der Waals surface area contributed by atoms with Crippen molar-refractivity contribution in [2.45, 2.75) is 6.61 Å². The van der Waals surface area contributed by atoms with Gasteiger partial charge < -0.3 is 10.5 Å². The van der Waals surface area contributed by atoms with Gasteiger partial charge in [-0.2, -0.15) is 0 Å². The Morgan fingerprint density at radius 1 is 0.960 bits per heavy atom. The highest BCUT2D eigenvalue weighted by Gasteiger charge is 2.13. The molecule has 0 spiro atoms. The predicted octanol–water partition coefficient (Wildman–Crippen LogP) is 4.79. The lowest BCUT2D eigenvalue weighted by Gasteiger charge is -2.11. The molecule has 25 heavy (non-hydrogen) atoms. The zero-order valence-corrected chi connectivity index (χ0v) is 15.6. The minimum Gasteiger partial charge on any atom is -0.486 e. The molecule has 4 aromatic rings. The first-order chi connectivity index (χ1) is 12.2. The molecule has 3 aromatic carbocycles. The average molecular weight is 441 g/mol. The van der Waals surface area contributed by atoms with Gasteiger partial charge in [-0.05, 0) is 77.2 Å². The molecule has 0 saturated carbocycles. The number of rotatable bonds is 4. The quantitative estimate of drug-likeness (QED) is 0.366. The summed E-state index contributed by atoms with van der Waals surface area (Å²) in [5, 5.41) is 0. The number of nitrogens with two attached hydrogens (primary N) is 1. The molecule has 4 nitrogen and oxygen atoms in total. The van der Waals surface area contributed by atoms with Crippen molar-refractivity contribution in [2.75, 3.05) is 5.73 Å². The van der Waals surface area contributed by atoms with Crippen molar-refractivity contribution in [1.82, 2.24) is 9.55 Å². The Balaban J connectivity index is 1.75. The van der Waals surface area contributed by atoms with Crippen molar-refractivity contribution >= 4 is 39.3 Å². The summed E-state index contributed by atoms with van der Waals surface area (Å²) in [6.07, 6.45) is 0. The Hall–Kier alpha value is -2.54. The Morgan fingerprint density at radius 2 is 1.76 bits per heavy atom. The summed E-state index contributed by atoms with van der Waals surface area (Å²) in [4.78, 5) is 4.75. The Bertz CT molecular complexity index is 1020. The molecule has 0 radical (unpaired) electrons. The molecule has 5 heteroatoms. The number of halogens is 1. The maximum atomic E-state index is 5.97. The zero-order chi connectivity index (χ0) is 17.2. The van der Waals surface area contributed by atoms with E-state index < -0.39 is 0 Å². The molecule has 0 unspecified atom stereocenters. The van der Waals surface area contributed by atoms with Gasteiger partial charge in [0.05, 0.1) is 11.0 Å². The lowest BCUT2D eigenvalue weighted by atomic mass is 10.2. The largest absolute Gasteiger partial charge is 0.486 e. The number of fused-ring (bicyclic) bond motifs is 1. The second-order valence-electron chi connectivity index (χ2n) is 5.69. The zero-order valence-electron chi connectivity index (χ0n) is 13.4. The van der Waals surface area contributed by atoms with E-state index >= 15 is 0 Å². The van der Waals surface area contributed by atoms with Gasteiger partial charge in [0.15, 0.2) is 5.82 Å². The first-order valence-electron chi connectivity index (χ1n) is 7.91. The Kier molecular flexibility index (Phi) is 4.31. The number of benzene rings is 3. The molecule has 2 N–H and O–H groups in total. The molecule has 1 aromatic heterocycles. The van der Waals surface area contributed by atoms with Gasteiger partial charge in [-0.25, -0.2) is 4.98 Å². The minimum absolute atomic E-state index is 0.379. The van der Waals surface area contributed by atoms with E-state index in [0.717, 1.165) is 34.0 Å². The first kappa shape index (κ1) is 16.0. The number of nitrogen functional groups attached to an aromatic ring is 1. The molecule has 0 aliphatic heterocycles. The molecular formula is C20H16IN3O. The fourth-order valence-corrected chi connectivity index (χ4v) is 3.16. The van der Waals surface area contributed by atoms with Crippen molar-refractivity contribution in [3.63, 3.8) is 0 Å². The van der Waals surface area contributed by atoms with Crippen LogP contribution < -0.4 is 10.5 Å². The fraction of sp³-hybridized carbons (Fsp3) is 0.0500. The third kappa shape index (κ3) is 3.32. The normalized spacial score (nSPS) is 10.9. The van der Waals surface area contributed by atoms with E-state index in [2.05, 4.69) is 33.2 Å². The molecule has 1 heterocycles. The number of hydrogen-bond donors (Lipinski definition) is 1. The van der Waals surface area contributed by atoms with Crippen LogP contribution in [0, 0.1) is 3.57 Å². The summed E-state index contributed by atoms with van der Waals surface area (Å²) in [7, 11) is 0. The van der Waals surface area contributed by atoms with Gasteiger partial charge in [-0.15, -0.1) is 0 Å². The van der Waals surface area contributed by atoms with Gasteiger partial charge in [0.1, 0.15) is 12.4 Å². The third-order valence-electron chi connectivity index (χ3n) is 3.94. The van der Waals surface area contributed by atoms with Gasteiger partial charge >= 0.3 is 0 Å². The highest BCUT2D eigenvalue weighted by Crippen LogP contribution is 2.24.